The van der Waals surface area contributed by atoms with Crippen LogP contribution < -0.4 is 33.2 Å². The molecule has 5 atom stereocenters. The van der Waals surface area contributed by atoms with E-state index in [1.54, 1.807) is 0 Å². The average Bonchev–Trinajstić information content (AvgIpc) is 2.86. The van der Waals surface area contributed by atoms with Crippen LogP contribution in [0.5, 0.6) is 0 Å². The number of thioether (sulfide) groups is 1. The second-order valence-electron chi connectivity index (χ2n) is 8.71. The summed E-state index contributed by atoms with van der Waals surface area (Å²) in [5.41, 5.74) is 17.6. The van der Waals surface area contributed by atoms with Gasteiger partial charge < -0.3 is 43.4 Å². The summed E-state index contributed by atoms with van der Waals surface area (Å²) in [6.45, 7) is 1.39. The fraction of sp³-hybridized carbons (Fsp3) is 0.542. The molecule has 0 spiro atoms. The summed E-state index contributed by atoms with van der Waals surface area (Å²) in [4.78, 5) is 54.1. The maximum Gasteiger partial charge on any atom is 0.328 e. The first-order chi connectivity index (χ1) is 18.0. The van der Waals surface area contributed by atoms with E-state index < -0.39 is 54.0 Å². The van der Waals surface area contributed by atoms with Gasteiger partial charge in [-0.15, -0.1) is 0 Å². The number of aliphatic imine (C=N–C) groups is 1. The number of aliphatic hydroxyl groups excluding tert-OH is 1. The van der Waals surface area contributed by atoms with E-state index >= 15 is 0 Å². The van der Waals surface area contributed by atoms with E-state index in [1.807, 2.05) is 36.6 Å². The molecule has 14 heteroatoms. The molecule has 0 fully saturated rings. The lowest BCUT2D eigenvalue weighted by Gasteiger charge is -2.25. The minimum absolute atomic E-state index is 0.0667. The molecule has 0 heterocycles. The Morgan fingerprint density at radius 3 is 2.11 bits per heavy atom. The topological polar surface area (TPSA) is 235 Å². The monoisotopic (exact) mass is 553 g/mol. The molecule has 0 saturated heterocycles. The highest BCUT2D eigenvalue weighted by Crippen LogP contribution is 2.07. The van der Waals surface area contributed by atoms with E-state index in [9.17, 15) is 29.4 Å². The van der Waals surface area contributed by atoms with Crippen LogP contribution in [0.4, 0.5) is 0 Å². The largest absolute Gasteiger partial charge is 0.480 e. The number of aliphatic carboxylic acids is 1. The van der Waals surface area contributed by atoms with Crippen molar-refractivity contribution < 1.29 is 29.4 Å². The van der Waals surface area contributed by atoms with E-state index in [1.165, 1.54) is 18.7 Å². The fourth-order valence-corrected chi connectivity index (χ4v) is 3.90. The van der Waals surface area contributed by atoms with Crippen LogP contribution in [0.1, 0.15) is 31.7 Å². The first-order valence-electron chi connectivity index (χ1n) is 12.1. The van der Waals surface area contributed by atoms with Crippen LogP contribution in [0.15, 0.2) is 35.3 Å². The summed E-state index contributed by atoms with van der Waals surface area (Å²) in [6, 6.07) is 4.55. The summed E-state index contributed by atoms with van der Waals surface area (Å²) in [5.74, 6) is -3.00. The number of guanidine groups is 1. The Morgan fingerprint density at radius 1 is 0.974 bits per heavy atom. The highest BCUT2D eigenvalue weighted by atomic mass is 32.2. The molecule has 212 valence electrons. The highest BCUT2D eigenvalue weighted by Gasteiger charge is 2.31. The van der Waals surface area contributed by atoms with Gasteiger partial charge in [-0.25, -0.2) is 4.79 Å². The van der Waals surface area contributed by atoms with Crippen LogP contribution in [0, 0.1) is 0 Å². The number of carbonyl (C=O) groups excluding carboxylic acids is 3. The van der Waals surface area contributed by atoms with Gasteiger partial charge in [-0.3, -0.25) is 19.4 Å². The molecule has 3 amide bonds. The normalized spacial score (nSPS) is 14.7. The fourth-order valence-electron chi connectivity index (χ4n) is 3.43. The van der Waals surface area contributed by atoms with Gasteiger partial charge in [-0.2, -0.15) is 11.8 Å². The van der Waals surface area contributed by atoms with E-state index in [-0.39, 0.29) is 38.2 Å². The van der Waals surface area contributed by atoms with Gasteiger partial charge in [-0.05, 0) is 50.2 Å². The predicted molar refractivity (Wildman–Crippen MR) is 146 cm³/mol. The molecule has 11 N–H and O–H groups in total. The minimum atomic E-state index is -1.58. The van der Waals surface area contributed by atoms with Gasteiger partial charge in [0, 0.05) is 6.54 Å². The van der Waals surface area contributed by atoms with E-state index in [2.05, 4.69) is 20.9 Å². The smallest absolute Gasteiger partial charge is 0.328 e. The molecule has 0 aromatic heterocycles. The number of benzene rings is 1. The third-order valence-corrected chi connectivity index (χ3v) is 6.15. The minimum Gasteiger partial charge on any atom is -0.480 e. The zero-order valence-electron chi connectivity index (χ0n) is 21.6. The molecule has 1 aromatic rings. The zero-order valence-corrected chi connectivity index (χ0v) is 22.4. The number of rotatable bonds is 17. The van der Waals surface area contributed by atoms with E-state index in [4.69, 9.17) is 17.2 Å². The number of nitrogens with zero attached hydrogens (tertiary/aromatic N) is 1. The van der Waals surface area contributed by atoms with Gasteiger partial charge in [-0.1, -0.05) is 30.3 Å². The number of aliphatic hydroxyl groups is 1. The van der Waals surface area contributed by atoms with Crippen LogP contribution in [-0.4, -0.2) is 88.7 Å². The number of carboxylic acids is 1. The Morgan fingerprint density at radius 2 is 1.55 bits per heavy atom. The lowest BCUT2D eigenvalue weighted by Crippen LogP contribution is -2.58. The van der Waals surface area contributed by atoms with Gasteiger partial charge in [0.1, 0.15) is 12.1 Å². The van der Waals surface area contributed by atoms with Crippen molar-refractivity contribution in [3.63, 3.8) is 0 Å². The third kappa shape index (κ3) is 12.3. The van der Waals surface area contributed by atoms with Crippen LogP contribution in [0.3, 0.4) is 0 Å². The number of amides is 3. The number of carboxylic acid groups (broad SMARTS) is 1. The molecule has 0 radical (unpaired) electrons. The van der Waals surface area contributed by atoms with Gasteiger partial charge in [0.2, 0.25) is 17.7 Å². The third-order valence-electron chi connectivity index (χ3n) is 5.50. The Bertz CT molecular complexity index is 943. The summed E-state index contributed by atoms with van der Waals surface area (Å²) in [5, 5.41) is 26.5. The predicted octanol–water partition coefficient (Wildman–Crippen LogP) is -1.72. The lowest BCUT2D eigenvalue weighted by atomic mass is 10.0. The van der Waals surface area contributed by atoms with Crippen molar-refractivity contribution in [2.24, 2.45) is 22.2 Å². The number of hydrogen-bond acceptors (Lipinski definition) is 8. The summed E-state index contributed by atoms with van der Waals surface area (Å²) >= 11 is 1.47. The van der Waals surface area contributed by atoms with Gasteiger partial charge >= 0.3 is 5.97 Å². The number of carbonyl (C=O) groups is 4. The molecular weight excluding hydrogens is 514 g/mol. The van der Waals surface area contributed by atoms with Crippen molar-refractivity contribution in [1.29, 1.82) is 0 Å². The van der Waals surface area contributed by atoms with E-state index in [0.717, 1.165) is 5.56 Å². The van der Waals surface area contributed by atoms with Gasteiger partial charge in [0.25, 0.3) is 0 Å². The highest BCUT2D eigenvalue weighted by molar-refractivity contribution is 7.98. The summed E-state index contributed by atoms with van der Waals surface area (Å²) in [7, 11) is 0. The summed E-state index contributed by atoms with van der Waals surface area (Å²) < 4.78 is 0. The number of nitrogens with two attached hydrogens (primary N) is 3. The average molecular weight is 554 g/mol. The molecule has 38 heavy (non-hydrogen) atoms. The Labute approximate surface area is 226 Å². The molecule has 0 saturated carbocycles. The van der Waals surface area contributed by atoms with Crippen molar-refractivity contribution in [3.05, 3.63) is 35.9 Å². The van der Waals surface area contributed by atoms with Crippen molar-refractivity contribution in [2.75, 3.05) is 18.6 Å². The first-order valence-corrected chi connectivity index (χ1v) is 13.5. The van der Waals surface area contributed by atoms with Gasteiger partial charge in [0.05, 0.1) is 12.1 Å². The van der Waals surface area contributed by atoms with Crippen molar-refractivity contribution in [3.8, 4) is 0 Å². The molecule has 5 unspecified atom stereocenters. The standard InChI is InChI=1S/C24H39N7O6S/c1-14(32)19(23(36)37)31-22(35)17(9-6-11-28-24(26)27)30-21(34)18(10-12-38-2)29-20(33)16(25)13-15-7-4-3-5-8-15/h3-5,7-8,14,16-19,32H,6,9-13,25H2,1-2H3,(H,29,33)(H,30,34)(H,31,35)(H,36,37)(H4,26,27,28). The molecule has 13 nitrogen and oxygen atoms in total. The maximum absolute atomic E-state index is 13.2. The lowest BCUT2D eigenvalue weighted by molar-refractivity contribution is -0.145. The zero-order chi connectivity index (χ0) is 28.7. The van der Waals surface area contributed by atoms with Crippen LogP contribution in [0.25, 0.3) is 0 Å². The molecular formula is C24H39N7O6S. The molecule has 1 rings (SSSR count). The van der Waals surface area contributed by atoms with Crippen molar-refractivity contribution in [2.45, 2.75) is 62.9 Å². The number of hydrogen-bond donors (Lipinski definition) is 8. The summed E-state index contributed by atoms with van der Waals surface area (Å²) in [6.07, 6.45) is 1.36. The molecule has 0 aliphatic rings. The molecule has 0 aliphatic carbocycles. The Hall–Kier alpha value is -3.36. The van der Waals surface area contributed by atoms with Gasteiger partial charge in [0.15, 0.2) is 12.0 Å². The van der Waals surface area contributed by atoms with Crippen LogP contribution in [0.2, 0.25) is 0 Å². The van der Waals surface area contributed by atoms with Crippen LogP contribution >= 0.6 is 11.8 Å². The molecule has 0 bridgehead atoms. The van der Waals surface area contributed by atoms with Crippen molar-refractivity contribution in [1.82, 2.24) is 16.0 Å². The SMILES string of the molecule is CSCCC(NC(=O)C(N)Cc1ccccc1)C(=O)NC(CCCN=C(N)N)C(=O)NC(C(=O)O)C(C)O. The Kier molecular flexibility index (Phi) is 14.8. The van der Waals surface area contributed by atoms with Crippen molar-refractivity contribution >= 4 is 41.4 Å². The quantitative estimate of drug-likeness (QED) is 0.0617. The molecule has 0 aliphatic heterocycles. The first kappa shape index (κ1) is 32.7. The molecule has 1 aromatic carbocycles. The maximum atomic E-state index is 13.2. The van der Waals surface area contributed by atoms with E-state index in [0.29, 0.717) is 5.75 Å². The second kappa shape index (κ2) is 17.2. The number of nitrogens with one attached hydrogen (secondary N) is 3. The van der Waals surface area contributed by atoms with Crippen LogP contribution in [-0.2, 0) is 25.6 Å². The Balaban J connectivity index is 2.99. The second-order valence-corrected chi connectivity index (χ2v) is 9.70.